The van der Waals surface area contributed by atoms with Crippen molar-refractivity contribution in [2.24, 2.45) is 0 Å². The molecular weight excluding hydrogens is 442 g/mol. The first kappa shape index (κ1) is 20.1. The van der Waals surface area contributed by atoms with Crippen molar-refractivity contribution in [1.29, 1.82) is 0 Å². The lowest BCUT2D eigenvalue weighted by Gasteiger charge is -2.16. The normalized spacial score (nSPS) is 11.6. The van der Waals surface area contributed by atoms with Gasteiger partial charge in [0, 0.05) is 10.9 Å². The van der Waals surface area contributed by atoms with E-state index < -0.39 is 17.9 Å². The molecule has 0 bridgehead atoms. The molecule has 0 aliphatic rings. The highest BCUT2D eigenvalue weighted by atomic mass is 79.9. The largest absolute Gasteiger partial charge is 0.480 e. The number of nitrogens with one attached hydrogen (secondary N) is 1. The first-order valence-corrected chi connectivity index (χ1v) is 9.74. The van der Waals surface area contributed by atoms with Crippen LogP contribution in [0.15, 0.2) is 77.3 Å². The monoisotopic (exact) mass is 457 g/mol. The van der Waals surface area contributed by atoms with Gasteiger partial charge in [-0.1, -0.05) is 82.1 Å². The van der Waals surface area contributed by atoms with Crippen molar-refractivity contribution in [3.8, 4) is 11.1 Å². The first-order chi connectivity index (χ1) is 13.4. The van der Waals surface area contributed by atoms with E-state index in [9.17, 15) is 14.7 Å². The topological polar surface area (TPSA) is 66.4 Å². The van der Waals surface area contributed by atoms with Crippen LogP contribution in [0.4, 0.5) is 0 Å². The lowest BCUT2D eigenvalue weighted by molar-refractivity contribution is -0.139. The SMILES string of the molecule is O=C(N[C@@H](Cc1ccc(-c2ccccc2)cc1)C(=O)O)c1cc(Br)ccc1Cl. The quantitative estimate of drug-likeness (QED) is 0.534. The molecule has 1 atom stereocenters. The fourth-order valence-electron chi connectivity index (χ4n) is 2.81. The standard InChI is InChI=1S/C22H17BrClNO3/c23-17-10-11-19(24)18(13-17)21(26)25-20(22(27)28)12-14-6-8-16(9-7-14)15-4-2-1-3-5-15/h1-11,13,20H,12H2,(H,25,26)(H,27,28)/t20-/m0/s1. The molecule has 3 aromatic carbocycles. The highest BCUT2D eigenvalue weighted by Gasteiger charge is 2.22. The number of benzene rings is 3. The Kier molecular flexibility index (Phi) is 6.49. The van der Waals surface area contributed by atoms with Crippen LogP contribution >= 0.6 is 27.5 Å². The van der Waals surface area contributed by atoms with E-state index in [4.69, 9.17) is 11.6 Å². The summed E-state index contributed by atoms with van der Waals surface area (Å²) in [7, 11) is 0. The Bertz CT molecular complexity index is 990. The third-order valence-corrected chi connectivity index (χ3v) is 5.10. The number of aliphatic carboxylic acids is 1. The zero-order valence-corrected chi connectivity index (χ0v) is 17.1. The van der Waals surface area contributed by atoms with Gasteiger partial charge in [-0.3, -0.25) is 4.79 Å². The van der Waals surface area contributed by atoms with Crippen LogP contribution in [0.2, 0.25) is 5.02 Å². The molecule has 3 aromatic rings. The van der Waals surface area contributed by atoms with Gasteiger partial charge in [0.15, 0.2) is 0 Å². The second-order valence-corrected chi connectivity index (χ2v) is 7.58. The number of carbonyl (C=O) groups is 2. The summed E-state index contributed by atoms with van der Waals surface area (Å²) in [5.74, 6) is -1.63. The van der Waals surface area contributed by atoms with E-state index in [2.05, 4.69) is 21.2 Å². The summed E-state index contributed by atoms with van der Waals surface area (Å²) in [4.78, 5) is 24.1. The van der Waals surface area contributed by atoms with Crippen LogP contribution in [0.5, 0.6) is 0 Å². The maximum atomic E-state index is 12.5. The molecule has 0 spiro atoms. The molecule has 6 heteroatoms. The fraction of sp³-hybridized carbons (Fsp3) is 0.0909. The Balaban J connectivity index is 1.73. The van der Waals surface area contributed by atoms with Crippen LogP contribution in [-0.2, 0) is 11.2 Å². The van der Waals surface area contributed by atoms with Crippen LogP contribution in [0.1, 0.15) is 15.9 Å². The number of carboxylic acid groups (broad SMARTS) is 1. The Hall–Kier alpha value is -2.63. The highest BCUT2D eigenvalue weighted by Crippen LogP contribution is 2.22. The molecule has 0 aliphatic carbocycles. The molecule has 0 heterocycles. The van der Waals surface area contributed by atoms with Gasteiger partial charge < -0.3 is 10.4 Å². The van der Waals surface area contributed by atoms with E-state index in [1.165, 1.54) is 0 Å². The fourth-order valence-corrected chi connectivity index (χ4v) is 3.37. The molecule has 2 N–H and O–H groups in total. The molecule has 1 amide bonds. The molecule has 142 valence electrons. The number of amides is 1. The molecule has 0 unspecified atom stereocenters. The van der Waals surface area contributed by atoms with E-state index in [1.54, 1.807) is 18.2 Å². The minimum atomic E-state index is -1.10. The molecular formula is C22H17BrClNO3. The van der Waals surface area contributed by atoms with Crippen molar-refractivity contribution in [2.75, 3.05) is 0 Å². The molecule has 0 fully saturated rings. The predicted molar refractivity (Wildman–Crippen MR) is 114 cm³/mol. The number of hydrogen-bond acceptors (Lipinski definition) is 2. The Morgan fingerprint density at radius 1 is 0.964 bits per heavy atom. The lowest BCUT2D eigenvalue weighted by Crippen LogP contribution is -2.42. The second-order valence-electron chi connectivity index (χ2n) is 6.26. The minimum Gasteiger partial charge on any atom is -0.480 e. The van der Waals surface area contributed by atoms with Gasteiger partial charge in [-0.25, -0.2) is 4.79 Å². The summed E-state index contributed by atoms with van der Waals surface area (Å²) in [5, 5.41) is 12.3. The Labute approximate surface area is 176 Å². The van der Waals surface area contributed by atoms with E-state index in [-0.39, 0.29) is 17.0 Å². The van der Waals surface area contributed by atoms with Gasteiger partial charge in [0.1, 0.15) is 6.04 Å². The van der Waals surface area contributed by atoms with E-state index in [1.807, 2.05) is 54.6 Å². The third kappa shape index (κ3) is 5.00. The first-order valence-electron chi connectivity index (χ1n) is 8.57. The summed E-state index contributed by atoms with van der Waals surface area (Å²) in [6, 6.07) is 21.3. The maximum absolute atomic E-state index is 12.5. The summed E-state index contributed by atoms with van der Waals surface area (Å²) < 4.78 is 0.686. The maximum Gasteiger partial charge on any atom is 0.326 e. The molecule has 0 saturated heterocycles. The van der Waals surface area contributed by atoms with E-state index in [0.29, 0.717) is 4.47 Å². The smallest absolute Gasteiger partial charge is 0.326 e. The van der Waals surface area contributed by atoms with E-state index in [0.717, 1.165) is 16.7 Å². The van der Waals surface area contributed by atoms with Crippen molar-refractivity contribution in [3.05, 3.63) is 93.4 Å². The molecule has 0 aromatic heterocycles. The highest BCUT2D eigenvalue weighted by molar-refractivity contribution is 9.10. The number of carboxylic acids is 1. The summed E-state index contributed by atoms with van der Waals surface area (Å²) in [6.45, 7) is 0. The van der Waals surface area contributed by atoms with Crippen molar-refractivity contribution >= 4 is 39.4 Å². The van der Waals surface area contributed by atoms with Crippen LogP contribution in [-0.4, -0.2) is 23.0 Å². The number of carbonyl (C=O) groups excluding carboxylic acids is 1. The molecule has 28 heavy (non-hydrogen) atoms. The average Bonchev–Trinajstić information content (AvgIpc) is 2.70. The second kappa shape index (κ2) is 9.04. The van der Waals surface area contributed by atoms with Crippen molar-refractivity contribution in [2.45, 2.75) is 12.5 Å². The van der Waals surface area contributed by atoms with Gasteiger partial charge in [0.2, 0.25) is 0 Å². The predicted octanol–water partition coefficient (Wildman–Crippen LogP) is 5.20. The number of halogens is 2. The van der Waals surface area contributed by atoms with Crippen molar-refractivity contribution in [3.63, 3.8) is 0 Å². The lowest BCUT2D eigenvalue weighted by atomic mass is 10.0. The molecule has 3 rings (SSSR count). The Morgan fingerprint density at radius 2 is 1.61 bits per heavy atom. The van der Waals surface area contributed by atoms with Gasteiger partial charge in [-0.2, -0.15) is 0 Å². The van der Waals surface area contributed by atoms with Crippen molar-refractivity contribution < 1.29 is 14.7 Å². The molecule has 0 radical (unpaired) electrons. The van der Waals surface area contributed by atoms with Crippen LogP contribution in [0.25, 0.3) is 11.1 Å². The minimum absolute atomic E-state index is 0.168. The zero-order valence-electron chi connectivity index (χ0n) is 14.7. The van der Waals surface area contributed by atoms with Crippen LogP contribution < -0.4 is 5.32 Å². The summed E-state index contributed by atoms with van der Waals surface area (Å²) in [5.41, 5.74) is 3.16. The molecule has 0 aliphatic heterocycles. The van der Waals surface area contributed by atoms with Gasteiger partial charge >= 0.3 is 5.97 Å². The van der Waals surface area contributed by atoms with Crippen LogP contribution in [0.3, 0.4) is 0 Å². The van der Waals surface area contributed by atoms with Gasteiger partial charge in [-0.15, -0.1) is 0 Å². The summed E-state index contributed by atoms with van der Waals surface area (Å²) >= 11 is 9.35. The zero-order chi connectivity index (χ0) is 20.1. The Morgan fingerprint density at radius 3 is 2.25 bits per heavy atom. The van der Waals surface area contributed by atoms with Crippen LogP contribution in [0, 0.1) is 0 Å². The third-order valence-electron chi connectivity index (χ3n) is 4.28. The average molecular weight is 459 g/mol. The van der Waals surface area contributed by atoms with Gasteiger partial charge in [0.05, 0.1) is 10.6 Å². The van der Waals surface area contributed by atoms with Crippen molar-refractivity contribution in [1.82, 2.24) is 5.32 Å². The summed E-state index contributed by atoms with van der Waals surface area (Å²) in [6.07, 6.45) is 0.168. The van der Waals surface area contributed by atoms with Gasteiger partial charge in [-0.05, 0) is 34.9 Å². The number of rotatable bonds is 6. The molecule has 0 saturated carbocycles. The molecule has 4 nitrogen and oxygen atoms in total. The number of hydrogen-bond donors (Lipinski definition) is 2. The van der Waals surface area contributed by atoms with Gasteiger partial charge in [0.25, 0.3) is 5.91 Å². The van der Waals surface area contributed by atoms with E-state index >= 15 is 0 Å².